The minimum Gasteiger partial charge on any atom is -0.393 e. The quantitative estimate of drug-likeness (QED) is 0.278. The Bertz CT molecular complexity index is 258. The van der Waals surface area contributed by atoms with Gasteiger partial charge in [0.2, 0.25) is 0 Å². The van der Waals surface area contributed by atoms with E-state index in [-0.39, 0.29) is 6.10 Å². The van der Waals surface area contributed by atoms with Crippen LogP contribution in [0.5, 0.6) is 0 Å². The van der Waals surface area contributed by atoms with E-state index in [4.69, 9.17) is 0 Å². The highest BCUT2D eigenvalue weighted by Crippen LogP contribution is 2.45. The average molecular weight is 353 g/mol. The molecule has 25 heavy (non-hydrogen) atoms. The zero-order valence-corrected chi connectivity index (χ0v) is 17.7. The molecule has 0 aliphatic heterocycles. The highest BCUT2D eigenvalue weighted by molar-refractivity contribution is 4.85. The summed E-state index contributed by atoms with van der Waals surface area (Å²) in [5.74, 6) is 0. The molecule has 0 unspecified atom stereocenters. The molecule has 0 radical (unpaired) electrons. The van der Waals surface area contributed by atoms with Gasteiger partial charge in [0.1, 0.15) is 0 Å². The summed E-state index contributed by atoms with van der Waals surface area (Å²) >= 11 is 0. The third-order valence-corrected chi connectivity index (χ3v) is 6.64. The van der Waals surface area contributed by atoms with Crippen molar-refractivity contribution in [3.63, 3.8) is 0 Å². The Morgan fingerprint density at radius 2 is 0.960 bits per heavy atom. The molecule has 1 saturated carbocycles. The van der Waals surface area contributed by atoms with Gasteiger partial charge in [0.05, 0.1) is 6.10 Å². The van der Waals surface area contributed by atoms with E-state index in [0.717, 1.165) is 12.8 Å². The van der Waals surface area contributed by atoms with Crippen molar-refractivity contribution in [1.82, 2.24) is 0 Å². The van der Waals surface area contributed by atoms with Crippen LogP contribution in [0.3, 0.4) is 0 Å². The molecule has 0 saturated heterocycles. The molecule has 0 bridgehead atoms. The fraction of sp³-hybridized carbons (Fsp3) is 1.00. The summed E-state index contributed by atoms with van der Waals surface area (Å²) in [5.41, 5.74) is 0.589. The van der Waals surface area contributed by atoms with Crippen molar-refractivity contribution in [3.05, 3.63) is 0 Å². The Hall–Kier alpha value is -0.0400. The SMILES string of the molecule is CCCCCCCCCC1(CCCCCCCCC)CCC(O)CC1. The van der Waals surface area contributed by atoms with Gasteiger partial charge in [0, 0.05) is 0 Å². The largest absolute Gasteiger partial charge is 0.393 e. The number of aliphatic hydroxyl groups excluding tert-OH is 1. The zero-order chi connectivity index (χ0) is 18.2. The molecule has 0 heterocycles. The van der Waals surface area contributed by atoms with E-state index in [1.165, 1.54) is 116 Å². The topological polar surface area (TPSA) is 20.2 Å². The van der Waals surface area contributed by atoms with Crippen LogP contribution in [0.1, 0.15) is 142 Å². The first-order chi connectivity index (χ1) is 12.2. The Morgan fingerprint density at radius 1 is 0.600 bits per heavy atom. The number of unbranched alkanes of at least 4 members (excludes halogenated alkanes) is 12. The molecule has 150 valence electrons. The van der Waals surface area contributed by atoms with Gasteiger partial charge in [-0.15, -0.1) is 0 Å². The molecule has 1 aliphatic carbocycles. The molecule has 1 nitrogen and oxygen atoms in total. The van der Waals surface area contributed by atoms with Gasteiger partial charge >= 0.3 is 0 Å². The molecule has 0 spiro atoms. The lowest BCUT2D eigenvalue weighted by atomic mass is 9.67. The van der Waals surface area contributed by atoms with Crippen LogP contribution in [-0.2, 0) is 0 Å². The van der Waals surface area contributed by atoms with Crippen LogP contribution in [0, 0.1) is 5.41 Å². The number of hydrogen-bond acceptors (Lipinski definition) is 1. The molecule has 1 rings (SSSR count). The van der Waals surface area contributed by atoms with E-state index >= 15 is 0 Å². The molecule has 0 amide bonds. The van der Waals surface area contributed by atoms with Gasteiger partial charge in [-0.3, -0.25) is 0 Å². The molecule has 0 atom stereocenters. The predicted octanol–water partition coefficient (Wildman–Crippen LogP) is 8.19. The van der Waals surface area contributed by atoms with E-state index in [1.54, 1.807) is 0 Å². The molecule has 1 aliphatic rings. The molecule has 1 heteroatoms. The third-order valence-electron chi connectivity index (χ3n) is 6.64. The fourth-order valence-corrected chi connectivity index (χ4v) is 4.75. The van der Waals surface area contributed by atoms with Crippen LogP contribution in [-0.4, -0.2) is 11.2 Å². The van der Waals surface area contributed by atoms with Crippen molar-refractivity contribution < 1.29 is 5.11 Å². The minimum absolute atomic E-state index is 0.00351. The molecular weight excluding hydrogens is 304 g/mol. The molecule has 0 aromatic heterocycles. The first kappa shape index (κ1) is 23.0. The van der Waals surface area contributed by atoms with Crippen LogP contribution in [0.4, 0.5) is 0 Å². The lowest BCUT2D eigenvalue weighted by Gasteiger charge is -2.39. The summed E-state index contributed by atoms with van der Waals surface area (Å²) in [6.45, 7) is 4.59. The first-order valence-corrected chi connectivity index (χ1v) is 11.9. The maximum Gasteiger partial charge on any atom is 0.0540 e. The Labute approximate surface area is 159 Å². The summed E-state index contributed by atoms with van der Waals surface area (Å²) < 4.78 is 0. The third kappa shape index (κ3) is 11.3. The maximum atomic E-state index is 9.93. The Balaban J connectivity index is 2.19. The van der Waals surface area contributed by atoms with Crippen molar-refractivity contribution >= 4 is 0 Å². The van der Waals surface area contributed by atoms with Crippen molar-refractivity contribution in [2.24, 2.45) is 5.41 Å². The predicted molar refractivity (Wildman–Crippen MR) is 112 cm³/mol. The Kier molecular flexibility index (Phi) is 13.9. The van der Waals surface area contributed by atoms with E-state index in [9.17, 15) is 5.11 Å². The van der Waals surface area contributed by atoms with E-state index in [1.807, 2.05) is 0 Å². The van der Waals surface area contributed by atoms with Gasteiger partial charge in [-0.1, -0.05) is 104 Å². The van der Waals surface area contributed by atoms with Gasteiger partial charge in [0.15, 0.2) is 0 Å². The summed E-state index contributed by atoms with van der Waals surface area (Å²) in [6.07, 6.45) is 27.5. The molecule has 0 aromatic rings. The Morgan fingerprint density at radius 3 is 1.36 bits per heavy atom. The van der Waals surface area contributed by atoms with Gasteiger partial charge in [-0.2, -0.15) is 0 Å². The summed E-state index contributed by atoms with van der Waals surface area (Å²) in [6, 6.07) is 0. The smallest absolute Gasteiger partial charge is 0.0540 e. The minimum atomic E-state index is -0.00351. The molecular formula is C24H48O. The van der Waals surface area contributed by atoms with Crippen LogP contribution in [0.25, 0.3) is 0 Å². The van der Waals surface area contributed by atoms with Crippen molar-refractivity contribution in [2.75, 3.05) is 0 Å². The highest BCUT2D eigenvalue weighted by Gasteiger charge is 2.33. The van der Waals surface area contributed by atoms with Crippen LogP contribution in [0.15, 0.2) is 0 Å². The van der Waals surface area contributed by atoms with E-state index in [2.05, 4.69) is 13.8 Å². The maximum absolute atomic E-state index is 9.93. The monoisotopic (exact) mass is 352 g/mol. The second-order valence-electron chi connectivity index (χ2n) is 8.97. The molecule has 1 N–H and O–H groups in total. The van der Waals surface area contributed by atoms with Gasteiger partial charge < -0.3 is 5.11 Å². The average Bonchev–Trinajstić information content (AvgIpc) is 2.63. The fourth-order valence-electron chi connectivity index (χ4n) is 4.75. The number of hydrogen-bond donors (Lipinski definition) is 1. The van der Waals surface area contributed by atoms with Gasteiger partial charge in [-0.05, 0) is 43.9 Å². The van der Waals surface area contributed by atoms with Crippen molar-refractivity contribution in [1.29, 1.82) is 0 Å². The second-order valence-corrected chi connectivity index (χ2v) is 8.97. The summed E-state index contributed by atoms with van der Waals surface area (Å²) in [7, 11) is 0. The van der Waals surface area contributed by atoms with Crippen molar-refractivity contribution in [2.45, 2.75) is 148 Å². The van der Waals surface area contributed by atoms with Crippen LogP contribution >= 0.6 is 0 Å². The summed E-state index contributed by atoms with van der Waals surface area (Å²) in [4.78, 5) is 0. The van der Waals surface area contributed by atoms with Gasteiger partial charge in [0.25, 0.3) is 0 Å². The van der Waals surface area contributed by atoms with Gasteiger partial charge in [-0.25, -0.2) is 0 Å². The summed E-state index contributed by atoms with van der Waals surface area (Å²) in [5, 5.41) is 9.93. The highest BCUT2D eigenvalue weighted by atomic mass is 16.3. The van der Waals surface area contributed by atoms with Crippen molar-refractivity contribution in [3.8, 4) is 0 Å². The molecule has 0 aromatic carbocycles. The normalized spacial score (nSPS) is 17.9. The van der Waals surface area contributed by atoms with E-state index < -0.39 is 0 Å². The number of rotatable bonds is 16. The van der Waals surface area contributed by atoms with Crippen LogP contribution in [0.2, 0.25) is 0 Å². The molecule has 1 fully saturated rings. The second kappa shape index (κ2) is 15.1. The zero-order valence-electron chi connectivity index (χ0n) is 17.7. The van der Waals surface area contributed by atoms with Crippen LogP contribution < -0.4 is 0 Å². The first-order valence-electron chi connectivity index (χ1n) is 11.9. The standard InChI is InChI=1S/C24H48O/c1-3-5-7-9-11-13-15-19-24(21-17-23(25)18-22-24)20-16-14-12-10-8-6-4-2/h23,25H,3-22H2,1-2H3. The van der Waals surface area contributed by atoms with E-state index in [0.29, 0.717) is 5.41 Å². The lowest BCUT2D eigenvalue weighted by molar-refractivity contribution is 0.0487. The lowest BCUT2D eigenvalue weighted by Crippen LogP contribution is -2.29. The number of aliphatic hydroxyl groups is 1.